The van der Waals surface area contributed by atoms with Gasteiger partial charge in [0, 0.05) is 18.6 Å². The lowest BCUT2D eigenvalue weighted by Crippen LogP contribution is -2.52. The first-order valence-electron chi connectivity index (χ1n) is 6.24. The normalized spacial score (nSPS) is 28.2. The summed E-state index contributed by atoms with van der Waals surface area (Å²) in [5.74, 6) is 0.268. The van der Waals surface area contributed by atoms with E-state index in [4.69, 9.17) is 5.73 Å². The van der Waals surface area contributed by atoms with Crippen LogP contribution in [0.25, 0.3) is 0 Å². The molecule has 96 valence electrons. The van der Waals surface area contributed by atoms with Gasteiger partial charge in [0.15, 0.2) is 0 Å². The summed E-state index contributed by atoms with van der Waals surface area (Å²) in [6.45, 7) is 4.44. The fourth-order valence-corrected chi connectivity index (χ4v) is 4.58. The summed E-state index contributed by atoms with van der Waals surface area (Å²) in [4.78, 5) is 0. The predicted molar refractivity (Wildman–Crippen MR) is 66.7 cm³/mol. The van der Waals surface area contributed by atoms with E-state index in [1.54, 1.807) is 4.31 Å². The molecule has 0 amide bonds. The predicted octanol–water partition coefficient (Wildman–Crippen LogP) is 1.32. The van der Waals surface area contributed by atoms with Gasteiger partial charge in [0.1, 0.15) is 0 Å². The molecule has 1 heterocycles. The lowest BCUT2D eigenvalue weighted by atomic mass is 10.00. The van der Waals surface area contributed by atoms with E-state index in [1.165, 1.54) is 0 Å². The Morgan fingerprint density at radius 2 is 2.06 bits per heavy atom. The highest BCUT2D eigenvalue weighted by Gasteiger charge is 2.35. The van der Waals surface area contributed by atoms with Crippen LogP contribution < -0.4 is 5.73 Å². The number of unbranched alkanes of at least 4 members (excludes halogenated alkanes) is 1. The molecule has 2 N–H and O–H groups in total. The van der Waals surface area contributed by atoms with Gasteiger partial charge in [0.05, 0.1) is 5.75 Å². The summed E-state index contributed by atoms with van der Waals surface area (Å²) < 4.78 is 26.1. The molecule has 16 heavy (non-hydrogen) atoms. The highest BCUT2D eigenvalue weighted by atomic mass is 32.2. The average molecular weight is 248 g/mol. The molecule has 2 unspecified atom stereocenters. The van der Waals surface area contributed by atoms with E-state index in [9.17, 15) is 8.42 Å². The first-order valence-corrected chi connectivity index (χ1v) is 7.85. The van der Waals surface area contributed by atoms with Gasteiger partial charge < -0.3 is 5.73 Å². The molecule has 1 aliphatic rings. The van der Waals surface area contributed by atoms with Crippen molar-refractivity contribution in [3.8, 4) is 0 Å². The van der Waals surface area contributed by atoms with E-state index in [2.05, 4.69) is 0 Å². The molecule has 0 aromatic rings. The zero-order valence-corrected chi connectivity index (χ0v) is 11.2. The third-order valence-corrected chi connectivity index (χ3v) is 5.41. The van der Waals surface area contributed by atoms with Crippen LogP contribution >= 0.6 is 0 Å². The maximum Gasteiger partial charge on any atom is 0.214 e. The van der Waals surface area contributed by atoms with Crippen molar-refractivity contribution in [1.29, 1.82) is 0 Å². The second kappa shape index (κ2) is 5.98. The molecule has 0 spiro atoms. The molecular formula is C11H24N2O2S. The van der Waals surface area contributed by atoms with Crippen LogP contribution in [0.15, 0.2) is 0 Å². The van der Waals surface area contributed by atoms with Crippen molar-refractivity contribution in [2.45, 2.75) is 58.0 Å². The van der Waals surface area contributed by atoms with Gasteiger partial charge in [-0.3, -0.25) is 0 Å². The molecule has 1 saturated heterocycles. The molecule has 0 saturated carbocycles. The topological polar surface area (TPSA) is 63.4 Å². The summed E-state index contributed by atoms with van der Waals surface area (Å²) in [6, 6.07) is 0.134. The highest BCUT2D eigenvalue weighted by molar-refractivity contribution is 7.89. The summed E-state index contributed by atoms with van der Waals surface area (Å²) in [6.07, 6.45) is 4.61. The van der Waals surface area contributed by atoms with Crippen molar-refractivity contribution in [3.63, 3.8) is 0 Å². The van der Waals surface area contributed by atoms with Crippen molar-refractivity contribution in [1.82, 2.24) is 4.31 Å². The first kappa shape index (κ1) is 13.9. The number of nitrogens with two attached hydrogens (primary N) is 1. The van der Waals surface area contributed by atoms with Gasteiger partial charge in [-0.2, -0.15) is 4.31 Å². The van der Waals surface area contributed by atoms with Gasteiger partial charge in [-0.25, -0.2) is 8.42 Å². The van der Waals surface area contributed by atoms with Crippen molar-refractivity contribution in [3.05, 3.63) is 0 Å². The van der Waals surface area contributed by atoms with Gasteiger partial charge in [-0.05, 0) is 26.2 Å². The number of hydrogen-bond donors (Lipinski definition) is 1. The van der Waals surface area contributed by atoms with Crippen molar-refractivity contribution < 1.29 is 8.42 Å². The van der Waals surface area contributed by atoms with Crippen LogP contribution in [0.4, 0.5) is 0 Å². The smallest absolute Gasteiger partial charge is 0.214 e. The Balaban J connectivity index is 2.79. The highest BCUT2D eigenvalue weighted by Crippen LogP contribution is 2.26. The van der Waals surface area contributed by atoms with E-state index in [0.717, 1.165) is 32.1 Å². The van der Waals surface area contributed by atoms with Crippen LogP contribution in [0, 0.1) is 0 Å². The molecule has 1 fully saturated rings. The monoisotopic (exact) mass is 248 g/mol. The van der Waals surface area contributed by atoms with E-state index in [-0.39, 0.29) is 17.8 Å². The fraction of sp³-hybridized carbons (Fsp3) is 1.00. The van der Waals surface area contributed by atoms with E-state index >= 15 is 0 Å². The quantitative estimate of drug-likeness (QED) is 0.798. The van der Waals surface area contributed by atoms with Gasteiger partial charge in [-0.1, -0.05) is 19.8 Å². The molecule has 1 rings (SSSR count). The lowest BCUT2D eigenvalue weighted by Gasteiger charge is -2.39. The fourth-order valence-electron chi connectivity index (χ4n) is 2.42. The van der Waals surface area contributed by atoms with E-state index in [1.807, 2.05) is 13.8 Å². The molecule has 2 atom stereocenters. The Bertz CT molecular complexity index is 303. The minimum atomic E-state index is -3.10. The zero-order chi connectivity index (χ0) is 12.2. The summed E-state index contributed by atoms with van der Waals surface area (Å²) in [7, 11) is -3.10. The molecule has 0 radical (unpaired) electrons. The van der Waals surface area contributed by atoms with E-state index in [0.29, 0.717) is 6.54 Å². The van der Waals surface area contributed by atoms with Crippen molar-refractivity contribution in [2.75, 3.05) is 12.3 Å². The number of sulfonamides is 1. The standard InChI is InChI=1S/C11H24N2O2S/c1-3-4-8-16(14,15)13-10(2)6-5-7-11(13)9-12/h10-11H,3-9,12H2,1-2H3. The summed E-state index contributed by atoms with van der Waals surface area (Å²) in [5, 5.41) is 0. The summed E-state index contributed by atoms with van der Waals surface area (Å²) >= 11 is 0. The maximum atomic E-state index is 12.2. The van der Waals surface area contributed by atoms with E-state index < -0.39 is 10.0 Å². The molecule has 1 aliphatic heterocycles. The number of nitrogens with zero attached hydrogens (tertiary/aromatic N) is 1. The lowest BCUT2D eigenvalue weighted by molar-refractivity contribution is 0.196. The van der Waals surface area contributed by atoms with Gasteiger partial charge in [0.2, 0.25) is 10.0 Å². The van der Waals surface area contributed by atoms with Crippen LogP contribution in [0.5, 0.6) is 0 Å². The molecular weight excluding hydrogens is 224 g/mol. The maximum absolute atomic E-state index is 12.2. The van der Waals surface area contributed by atoms with Crippen molar-refractivity contribution in [2.24, 2.45) is 5.73 Å². The minimum absolute atomic E-state index is 0.0191. The average Bonchev–Trinajstić information content (AvgIpc) is 2.25. The van der Waals surface area contributed by atoms with Crippen molar-refractivity contribution >= 4 is 10.0 Å². The molecule has 4 nitrogen and oxygen atoms in total. The largest absolute Gasteiger partial charge is 0.329 e. The SMILES string of the molecule is CCCCS(=O)(=O)N1C(C)CCCC1CN. The Morgan fingerprint density at radius 1 is 1.38 bits per heavy atom. The molecule has 0 aromatic carbocycles. The van der Waals surface area contributed by atoms with Crippen LogP contribution in [-0.4, -0.2) is 37.1 Å². The third kappa shape index (κ3) is 3.18. The Kier molecular flexibility index (Phi) is 5.21. The second-order valence-corrected chi connectivity index (χ2v) is 6.66. The number of piperidine rings is 1. The Labute approximate surface area is 99.2 Å². The Hall–Kier alpha value is -0.130. The van der Waals surface area contributed by atoms with Crippen LogP contribution in [0.1, 0.15) is 46.0 Å². The van der Waals surface area contributed by atoms with Gasteiger partial charge >= 0.3 is 0 Å². The molecule has 0 aromatic heterocycles. The molecule has 0 bridgehead atoms. The Morgan fingerprint density at radius 3 is 2.62 bits per heavy atom. The number of rotatable bonds is 5. The molecule has 0 aliphatic carbocycles. The van der Waals surface area contributed by atoms with Gasteiger partial charge in [0.25, 0.3) is 0 Å². The zero-order valence-electron chi connectivity index (χ0n) is 10.4. The second-order valence-electron chi connectivity index (χ2n) is 4.67. The number of hydrogen-bond acceptors (Lipinski definition) is 3. The van der Waals surface area contributed by atoms with Crippen LogP contribution in [0.2, 0.25) is 0 Å². The minimum Gasteiger partial charge on any atom is -0.329 e. The van der Waals surface area contributed by atoms with Crippen LogP contribution in [-0.2, 0) is 10.0 Å². The molecule has 5 heteroatoms. The third-order valence-electron chi connectivity index (χ3n) is 3.30. The van der Waals surface area contributed by atoms with Crippen LogP contribution in [0.3, 0.4) is 0 Å². The van der Waals surface area contributed by atoms with Gasteiger partial charge in [-0.15, -0.1) is 0 Å². The summed E-state index contributed by atoms with van der Waals surface area (Å²) in [5.41, 5.74) is 5.68. The first-order chi connectivity index (χ1) is 7.53.